The molecule has 0 radical (unpaired) electrons. The first kappa shape index (κ1) is 21.8. The fourth-order valence-electron chi connectivity index (χ4n) is 5.58. The van der Waals surface area contributed by atoms with Gasteiger partial charge in [0.2, 0.25) is 0 Å². The second-order valence-corrected chi connectivity index (χ2v) is 8.92. The van der Waals surface area contributed by atoms with Gasteiger partial charge >= 0.3 is 0 Å². The molecule has 1 N–H and O–H groups in total. The van der Waals surface area contributed by atoms with Crippen LogP contribution in [0.25, 0.3) is 0 Å². The highest BCUT2D eigenvalue weighted by Crippen LogP contribution is 2.49. The summed E-state index contributed by atoms with van der Waals surface area (Å²) >= 11 is 0. The molecule has 5 heteroatoms. The Balaban J connectivity index is 1.71. The molecule has 3 atom stereocenters. The SMILES string of the molecule is CCN(CC)c1ccc([C@@H]2[C@@H]3CCCC[C@]3(O)CCN2C(=O)c2cccc(F)c2)cc1. The summed E-state index contributed by atoms with van der Waals surface area (Å²) in [5.41, 5.74) is 1.84. The van der Waals surface area contributed by atoms with Gasteiger partial charge in [-0.1, -0.05) is 31.0 Å². The van der Waals surface area contributed by atoms with Gasteiger partial charge < -0.3 is 14.9 Å². The summed E-state index contributed by atoms with van der Waals surface area (Å²) in [5.74, 6) is -0.575. The maximum absolute atomic E-state index is 13.8. The van der Waals surface area contributed by atoms with Gasteiger partial charge in [0.1, 0.15) is 5.82 Å². The molecule has 1 saturated heterocycles. The second-order valence-electron chi connectivity index (χ2n) is 8.92. The summed E-state index contributed by atoms with van der Waals surface area (Å²) in [6, 6.07) is 14.1. The zero-order valence-corrected chi connectivity index (χ0v) is 18.6. The number of nitrogens with zero attached hydrogens (tertiary/aromatic N) is 2. The number of piperidine rings is 1. The lowest BCUT2D eigenvalue weighted by molar-refractivity contribution is -0.115. The van der Waals surface area contributed by atoms with Crippen molar-refractivity contribution in [1.82, 2.24) is 4.90 Å². The van der Waals surface area contributed by atoms with Crippen LogP contribution in [0, 0.1) is 11.7 Å². The number of carbonyl (C=O) groups excluding carboxylic acids is 1. The molecule has 1 aliphatic carbocycles. The molecule has 2 aromatic rings. The van der Waals surface area contributed by atoms with Crippen molar-refractivity contribution in [3.05, 3.63) is 65.5 Å². The Morgan fingerprint density at radius 3 is 2.55 bits per heavy atom. The van der Waals surface area contributed by atoms with E-state index in [2.05, 4.69) is 43.0 Å². The average Bonchev–Trinajstić information content (AvgIpc) is 2.79. The number of likely N-dealkylation sites (tertiary alicyclic amines) is 1. The van der Waals surface area contributed by atoms with Gasteiger partial charge in [-0.2, -0.15) is 0 Å². The summed E-state index contributed by atoms with van der Waals surface area (Å²) in [7, 11) is 0. The molecule has 4 nitrogen and oxygen atoms in total. The van der Waals surface area contributed by atoms with E-state index in [0.717, 1.165) is 50.0 Å². The van der Waals surface area contributed by atoms with Gasteiger partial charge in [-0.3, -0.25) is 4.79 Å². The molecule has 1 aliphatic heterocycles. The van der Waals surface area contributed by atoms with Crippen molar-refractivity contribution in [1.29, 1.82) is 0 Å². The number of aliphatic hydroxyl groups is 1. The van der Waals surface area contributed by atoms with Crippen LogP contribution in [0.2, 0.25) is 0 Å². The number of fused-ring (bicyclic) bond motifs is 1. The van der Waals surface area contributed by atoms with Crippen molar-refractivity contribution in [2.45, 2.75) is 57.6 Å². The van der Waals surface area contributed by atoms with Gasteiger partial charge in [-0.15, -0.1) is 0 Å². The van der Waals surface area contributed by atoms with Crippen molar-refractivity contribution < 1.29 is 14.3 Å². The van der Waals surface area contributed by atoms with Crippen LogP contribution < -0.4 is 4.90 Å². The topological polar surface area (TPSA) is 43.8 Å². The number of carbonyl (C=O) groups is 1. The number of rotatable bonds is 5. The summed E-state index contributed by atoms with van der Waals surface area (Å²) in [4.78, 5) is 17.6. The Bertz CT molecular complexity index is 912. The number of halogens is 1. The van der Waals surface area contributed by atoms with Crippen molar-refractivity contribution in [3.8, 4) is 0 Å². The van der Waals surface area contributed by atoms with E-state index >= 15 is 0 Å². The lowest BCUT2D eigenvalue weighted by atomic mass is 9.66. The lowest BCUT2D eigenvalue weighted by Gasteiger charge is -2.52. The van der Waals surface area contributed by atoms with Crippen molar-refractivity contribution in [3.63, 3.8) is 0 Å². The minimum Gasteiger partial charge on any atom is -0.389 e. The number of anilines is 1. The zero-order valence-electron chi connectivity index (χ0n) is 18.6. The maximum Gasteiger partial charge on any atom is 0.254 e. The molecule has 0 unspecified atom stereocenters. The van der Waals surface area contributed by atoms with E-state index in [1.165, 1.54) is 12.1 Å². The van der Waals surface area contributed by atoms with Crippen LogP contribution in [0.3, 0.4) is 0 Å². The number of hydrogen-bond donors (Lipinski definition) is 1. The molecular formula is C26H33FN2O2. The molecule has 0 spiro atoms. The standard InChI is InChI=1S/C26H33FN2O2/c1-3-28(4-2)22-13-11-19(12-14-22)24-23-10-5-6-15-26(23,31)16-17-29(24)25(30)20-8-7-9-21(27)18-20/h7-9,11-14,18,23-24,31H,3-6,10,15-17H2,1-2H3/t23-,24+,26-/m0/s1. The molecule has 31 heavy (non-hydrogen) atoms. The van der Waals surface area contributed by atoms with Gasteiger partial charge in [-0.05, 0) is 69.0 Å². The van der Waals surface area contributed by atoms with Gasteiger partial charge in [0.25, 0.3) is 5.91 Å². The molecule has 2 aliphatic rings. The zero-order chi connectivity index (χ0) is 22.0. The van der Waals surface area contributed by atoms with E-state index in [1.807, 2.05) is 4.90 Å². The monoisotopic (exact) mass is 424 g/mol. The van der Waals surface area contributed by atoms with E-state index in [1.54, 1.807) is 12.1 Å². The molecular weight excluding hydrogens is 391 g/mol. The Labute approximate surface area is 184 Å². The van der Waals surface area contributed by atoms with Crippen molar-refractivity contribution >= 4 is 11.6 Å². The molecule has 2 aromatic carbocycles. The molecule has 1 heterocycles. The number of amides is 1. The quantitative estimate of drug-likeness (QED) is 0.719. The molecule has 4 rings (SSSR count). The van der Waals surface area contributed by atoms with E-state index in [4.69, 9.17) is 0 Å². The van der Waals surface area contributed by atoms with Gasteiger partial charge in [0.05, 0.1) is 11.6 Å². The van der Waals surface area contributed by atoms with Crippen LogP contribution in [0.4, 0.5) is 10.1 Å². The first-order chi connectivity index (χ1) is 15.0. The second kappa shape index (κ2) is 8.99. The third-order valence-electron chi connectivity index (χ3n) is 7.26. The van der Waals surface area contributed by atoms with Crippen LogP contribution in [-0.4, -0.2) is 41.1 Å². The first-order valence-electron chi connectivity index (χ1n) is 11.6. The van der Waals surface area contributed by atoms with E-state index in [0.29, 0.717) is 18.5 Å². The summed E-state index contributed by atoms with van der Waals surface area (Å²) in [6.07, 6.45) is 4.34. The van der Waals surface area contributed by atoms with E-state index < -0.39 is 11.4 Å². The fourth-order valence-corrected chi connectivity index (χ4v) is 5.58. The Morgan fingerprint density at radius 1 is 1.13 bits per heavy atom. The maximum atomic E-state index is 13.8. The molecule has 1 amide bonds. The molecule has 2 fully saturated rings. The number of benzene rings is 2. The first-order valence-corrected chi connectivity index (χ1v) is 11.6. The highest BCUT2D eigenvalue weighted by Gasteiger charge is 2.50. The third-order valence-corrected chi connectivity index (χ3v) is 7.26. The third kappa shape index (κ3) is 4.20. The average molecular weight is 425 g/mol. The van der Waals surface area contributed by atoms with Crippen molar-refractivity contribution in [2.75, 3.05) is 24.5 Å². The van der Waals surface area contributed by atoms with E-state index in [-0.39, 0.29) is 17.9 Å². The summed E-state index contributed by atoms with van der Waals surface area (Å²) in [6.45, 7) is 6.63. The Hall–Kier alpha value is -2.40. The highest BCUT2D eigenvalue weighted by atomic mass is 19.1. The molecule has 0 bridgehead atoms. The van der Waals surface area contributed by atoms with Crippen LogP contribution in [-0.2, 0) is 0 Å². The summed E-state index contributed by atoms with van der Waals surface area (Å²) in [5, 5.41) is 11.4. The Kier molecular flexibility index (Phi) is 6.33. The van der Waals surface area contributed by atoms with Crippen LogP contribution in [0.5, 0.6) is 0 Å². The Morgan fingerprint density at radius 2 is 1.87 bits per heavy atom. The van der Waals surface area contributed by atoms with Gasteiger partial charge in [-0.25, -0.2) is 4.39 Å². The largest absolute Gasteiger partial charge is 0.389 e. The van der Waals surface area contributed by atoms with Gasteiger partial charge in [0, 0.05) is 36.8 Å². The van der Waals surface area contributed by atoms with Crippen LogP contribution >= 0.6 is 0 Å². The van der Waals surface area contributed by atoms with Crippen molar-refractivity contribution in [2.24, 2.45) is 5.92 Å². The summed E-state index contributed by atoms with van der Waals surface area (Å²) < 4.78 is 13.8. The highest BCUT2D eigenvalue weighted by molar-refractivity contribution is 5.94. The minimum atomic E-state index is -0.737. The predicted molar refractivity (Wildman–Crippen MR) is 122 cm³/mol. The lowest BCUT2D eigenvalue weighted by Crippen LogP contribution is -2.56. The molecule has 166 valence electrons. The smallest absolute Gasteiger partial charge is 0.254 e. The molecule has 1 saturated carbocycles. The fraction of sp³-hybridized carbons (Fsp3) is 0.500. The van der Waals surface area contributed by atoms with Gasteiger partial charge in [0.15, 0.2) is 0 Å². The predicted octanol–water partition coefficient (Wildman–Crippen LogP) is 5.18. The number of hydrogen-bond acceptors (Lipinski definition) is 3. The van der Waals surface area contributed by atoms with E-state index in [9.17, 15) is 14.3 Å². The van der Waals surface area contributed by atoms with Crippen LogP contribution in [0.1, 0.15) is 67.9 Å². The molecule has 0 aromatic heterocycles. The normalized spacial score (nSPS) is 25.7. The minimum absolute atomic E-state index is 0.00758. The van der Waals surface area contributed by atoms with Crippen LogP contribution in [0.15, 0.2) is 48.5 Å².